The van der Waals surface area contributed by atoms with Crippen molar-refractivity contribution >= 4 is 5.95 Å². The molecule has 0 unspecified atom stereocenters. The molecule has 0 fully saturated rings. The summed E-state index contributed by atoms with van der Waals surface area (Å²) < 4.78 is 0. The number of nitrogens with one attached hydrogen (secondary N) is 1. The van der Waals surface area contributed by atoms with Crippen molar-refractivity contribution in [3.05, 3.63) is 30.2 Å². The Morgan fingerprint density at radius 3 is 2.53 bits per heavy atom. The Balaban J connectivity index is 2.78. The lowest BCUT2D eigenvalue weighted by Crippen LogP contribution is -2.08. The maximum atomic E-state index is 4.41. The first kappa shape index (κ1) is 11.7. The van der Waals surface area contributed by atoms with Crippen molar-refractivity contribution < 1.29 is 0 Å². The lowest BCUT2D eigenvalue weighted by molar-refractivity contribution is 0.769. The second-order valence-corrected chi connectivity index (χ2v) is 4.26. The van der Waals surface area contributed by atoms with Gasteiger partial charge in [-0.05, 0) is 17.9 Å². The highest BCUT2D eigenvalue weighted by molar-refractivity contribution is 5.34. The predicted octanol–water partition coefficient (Wildman–Crippen LogP) is 3.18. The molecule has 0 radical (unpaired) electrons. The van der Waals surface area contributed by atoms with Gasteiger partial charge in [0.1, 0.15) is 0 Å². The number of rotatable bonds is 4. The lowest BCUT2D eigenvalue weighted by Gasteiger charge is -2.12. The van der Waals surface area contributed by atoms with Crippen LogP contribution in [0.2, 0.25) is 0 Å². The highest BCUT2D eigenvalue weighted by Gasteiger charge is 2.05. The van der Waals surface area contributed by atoms with Gasteiger partial charge in [0.05, 0.1) is 0 Å². The van der Waals surface area contributed by atoms with Gasteiger partial charge in [-0.15, -0.1) is 0 Å². The third-order valence-corrected chi connectivity index (χ3v) is 2.24. The number of anilines is 1. The molecule has 1 N–H and O–H groups in total. The van der Waals surface area contributed by atoms with Crippen LogP contribution in [0, 0.1) is 5.92 Å². The monoisotopic (exact) mass is 205 g/mol. The van der Waals surface area contributed by atoms with Crippen LogP contribution >= 0.6 is 0 Å². The van der Waals surface area contributed by atoms with Crippen LogP contribution in [0.25, 0.3) is 0 Å². The molecular weight excluding hydrogens is 186 g/mol. The molecule has 0 amide bonds. The average Bonchev–Trinajstić information content (AvgIpc) is 2.18. The van der Waals surface area contributed by atoms with Crippen molar-refractivity contribution in [3.63, 3.8) is 0 Å². The summed E-state index contributed by atoms with van der Waals surface area (Å²) in [5.74, 6) is 1.44. The van der Waals surface area contributed by atoms with Gasteiger partial charge in [0.2, 0.25) is 5.95 Å². The molecule has 1 aromatic rings. The molecule has 0 atom stereocenters. The Labute approximate surface area is 91.7 Å². The lowest BCUT2D eigenvalue weighted by atomic mass is 10.1. The molecule has 0 saturated heterocycles. The molecule has 1 aromatic heterocycles. The fraction of sp³-hybridized carbons (Fsp3) is 0.500. The minimum Gasteiger partial charge on any atom is -0.328 e. The Hall–Kier alpha value is -1.38. The van der Waals surface area contributed by atoms with Crippen LogP contribution in [0.4, 0.5) is 5.95 Å². The van der Waals surface area contributed by atoms with E-state index in [1.54, 1.807) is 6.20 Å². The normalized spacial score (nSPS) is 10.8. The van der Waals surface area contributed by atoms with Crippen LogP contribution < -0.4 is 5.32 Å². The second-order valence-electron chi connectivity index (χ2n) is 4.26. The molecule has 0 spiro atoms. The maximum Gasteiger partial charge on any atom is 0.227 e. The third-order valence-electron chi connectivity index (χ3n) is 2.24. The predicted molar refractivity (Wildman–Crippen MR) is 63.7 cm³/mol. The Morgan fingerprint density at radius 1 is 1.33 bits per heavy atom. The molecule has 0 saturated carbocycles. The van der Waals surface area contributed by atoms with Gasteiger partial charge in [-0.3, -0.25) is 0 Å². The van der Waals surface area contributed by atoms with E-state index in [1.807, 2.05) is 6.07 Å². The molecule has 15 heavy (non-hydrogen) atoms. The zero-order valence-corrected chi connectivity index (χ0v) is 9.91. The highest BCUT2D eigenvalue weighted by Crippen LogP contribution is 2.14. The number of hydrogen-bond donors (Lipinski definition) is 1. The van der Waals surface area contributed by atoms with Crippen molar-refractivity contribution in [2.75, 3.05) is 5.32 Å². The Kier molecular flexibility index (Phi) is 3.83. The number of aromatic nitrogens is 2. The molecule has 0 aliphatic heterocycles. The van der Waals surface area contributed by atoms with Gasteiger partial charge in [-0.1, -0.05) is 34.3 Å². The molecule has 1 rings (SSSR count). The minimum atomic E-state index is 0.385. The van der Waals surface area contributed by atoms with Gasteiger partial charge in [-0.2, -0.15) is 0 Å². The number of allylic oxidation sites excluding steroid dienone is 1. The Bertz CT molecular complexity index is 342. The van der Waals surface area contributed by atoms with Crippen LogP contribution in [0.5, 0.6) is 0 Å². The highest BCUT2D eigenvalue weighted by atomic mass is 15.1. The van der Waals surface area contributed by atoms with E-state index in [9.17, 15) is 0 Å². The van der Waals surface area contributed by atoms with Crippen LogP contribution in [0.15, 0.2) is 24.5 Å². The fourth-order valence-corrected chi connectivity index (χ4v) is 1.04. The summed E-state index contributed by atoms with van der Waals surface area (Å²) in [5.41, 5.74) is 1.99. The summed E-state index contributed by atoms with van der Waals surface area (Å²) in [6, 6.07) is 1.94. The van der Waals surface area contributed by atoms with E-state index in [1.165, 1.54) is 0 Å². The van der Waals surface area contributed by atoms with E-state index in [2.05, 4.69) is 49.6 Å². The van der Waals surface area contributed by atoms with Gasteiger partial charge in [-0.25, -0.2) is 9.97 Å². The molecule has 0 aliphatic carbocycles. The van der Waals surface area contributed by atoms with Crippen molar-refractivity contribution in [2.24, 2.45) is 5.92 Å². The van der Waals surface area contributed by atoms with E-state index >= 15 is 0 Å². The summed E-state index contributed by atoms with van der Waals surface area (Å²) in [4.78, 5) is 8.57. The first-order chi connectivity index (χ1) is 7.00. The fourth-order valence-electron chi connectivity index (χ4n) is 1.04. The third kappa shape index (κ3) is 3.35. The van der Waals surface area contributed by atoms with Crippen LogP contribution in [0.1, 0.15) is 39.3 Å². The molecule has 3 nitrogen and oxygen atoms in total. The number of nitrogens with zero attached hydrogens (tertiary/aromatic N) is 2. The summed E-state index contributed by atoms with van der Waals surface area (Å²) in [6.07, 6.45) is 1.78. The molecule has 0 bridgehead atoms. The van der Waals surface area contributed by atoms with E-state index in [4.69, 9.17) is 0 Å². The largest absolute Gasteiger partial charge is 0.328 e. The summed E-state index contributed by atoms with van der Waals surface area (Å²) in [7, 11) is 0. The molecular formula is C12H19N3. The summed E-state index contributed by atoms with van der Waals surface area (Å²) >= 11 is 0. The van der Waals surface area contributed by atoms with Gasteiger partial charge in [0.15, 0.2) is 0 Å². The molecule has 0 aromatic carbocycles. The van der Waals surface area contributed by atoms with E-state index in [-0.39, 0.29) is 0 Å². The van der Waals surface area contributed by atoms with E-state index in [0.29, 0.717) is 17.8 Å². The zero-order valence-electron chi connectivity index (χ0n) is 9.91. The van der Waals surface area contributed by atoms with E-state index < -0.39 is 0 Å². The molecule has 3 heteroatoms. The summed E-state index contributed by atoms with van der Waals surface area (Å²) in [6.45, 7) is 12.3. The van der Waals surface area contributed by atoms with Crippen molar-refractivity contribution in [1.29, 1.82) is 0 Å². The SMILES string of the molecule is C=C(Nc1nccc(C(C)C)n1)C(C)C. The maximum absolute atomic E-state index is 4.41. The standard InChI is InChI=1S/C12H19N3/c1-8(2)10(5)14-12-13-7-6-11(15-12)9(3)4/h6-9H,5H2,1-4H3,(H,13,14,15). The van der Waals surface area contributed by atoms with Crippen molar-refractivity contribution in [1.82, 2.24) is 9.97 Å². The minimum absolute atomic E-state index is 0.385. The summed E-state index contributed by atoms with van der Waals surface area (Å²) in [5, 5.41) is 3.12. The quantitative estimate of drug-likeness (QED) is 0.820. The van der Waals surface area contributed by atoms with Crippen LogP contribution in [-0.4, -0.2) is 9.97 Å². The van der Waals surface area contributed by atoms with Gasteiger partial charge >= 0.3 is 0 Å². The van der Waals surface area contributed by atoms with Gasteiger partial charge in [0, 0.05) is 17.6 Å². The van der Waals surface area contributed by atoms with Crippen LogP contribution in [0.3, 0.4) is 0 Å². The smallest absolute Gasteiger partial charge is 0.227 e. The zero-order chi connectivity index (χ0) is 11.4. The molecule has 0 aliphatic rings. The Morgan fingerprint density at radius 2 is 2.00 bits per heavy atom. The topological polar surface area (TPSA) is 37.8 Å². The van der Waals surface area contributed by atoms with Crippen molar-refractivity contribution in [2.45, 2.75) is 33.6 Å². The first-order valence-electron chi connectivity index (χ1n) is 5.29. The van der Waals surface area contributed by atoms with Gasteiger partial charge in [0.25, 0.3) is 0 Å². The second kappa shape index (κ2) is 4.91. The first-order valence-corrected chi connectivity index (χ1v) is 5.29. The van der Waals surface area contributed by atoms with Gasteiger partial charge < -0.3 is 5.32 Å². The van der Waals surface area contributed by atoms with Crippen LogP contribution in [-0.2, 0) is 0 Å². The van der Waals surface area contributed by atoms with Crippen molar-refractivity contribution in [3.8, 4) is 0 Å². The number of hydrogen-bond acceptors (Lipinski definition) is 3. The van der Waals surface area contributed by atoms with E-state index in [0.717, 1.165) is 11.4 Å². The molecule has 82 valence electrons. The molecule has 1 heterocycles. The average molecular weight is 205 g/mol.